The van der Waals surface area contributed by atoms with Gasteiger partial charge in [-0.2, -0.15) is 0 Å². The second-order valence-electron chi connectivity index (χ2n) is 6.47. The van der Waals surface area contributed by atoms with Crippen molar-refractivity contribution >= 4 is 34.6 Å². The number of imide groups is 1. The summed E-state index contributed by atoms with van der Waals surface area (Å²) in [6, 6.07) is 3.50. The van der Waals surface area contributed by atoms with Crippen LogP contribution in [0.15, 0.2) is 18.3 Å². The molecular weight excluding hydrogens is 423 g/mol. The molecular formula is C16H17IN4O3. The first-order valence-electron chi connectivity index (χ1n) is 7.50. The number of nitrogens with zero attached hydrogens (tertiary/aromatic N) is 3. The average Bonchev–Trinajstić information content (AvgIpc) is 2.90. The summed E-state index contributed by atoms with van der Waals surface area (Å²) in [6.45, 7) is 5.61. The van der Waals surface area contributed by atoms with Crippen molar-refractivity contribution in [2.24, 2.45) is 0 Å². The molecule has 7 nitrogen and oxygen atoms in total. The number of H-pyrrole nitrogens is 1. The number of amides is 2. The van der Waals surface area contributed by atoms with Crippen LogP contribution in [0.4, 0.5) is 4.79 Å². The summed E-state index contributed by atoms with van der Waals surface area (Å²) >= 11 is 2.03. The van der Waals surface area contributed by atoms with Gasteiger partial charge in [-0.3, -0.25) is 4.79 Å². The number of aromatic nitrogens is 3. The minimum atomic E-state index is -0.640. The summed E-state index contributed by atoms with van der Waals surface area (Å²) in [6.07, 6.45) is 1.61. The summed E-state index contributed by atoms with van der Waals surface area (Å²) in [5.74, 6) is -0.350. The maximum Gasteiger partial charge on any atom is 0.417 e. The number of hydrogen-bond acceptors (Lipinski definition) is 5. The van der Waals surface area contributed by atoms with Gasteiger partial charge in [-0.15, -0.1) is 0 Å². The van der Waals surface area contributed by atoms with E-state index in [1.54, 1.807) is 39.1 Å². The van der Waals surface area contributed by atoms with E-state index in [-0.39, 0.29) is 5.91 Å². The fourth-order valence-electron chi connectivity index (χ4n) is 2.47. The maximum absolute atomic E-state index is 12.6. The van der Waals surface area contributed by atoms with Crippen molar-refractivity contribution in [3.05, 3.63) is 33.4 Å². The Morgan fingerprint density at radius 1 is 1.42 bits per heavy atom. The molecule has 1 aliphatic heterocycles. The highest BCUT2D eigenvalue weighted by Gasteiger charge is 2.33. The first kappa shape index (κ1) is 16.9. The number of fused-ring (bicyclic) bond motifs is 1. The molecule has 8 heteroatoms. The Labute approximate surface area is 153 Å². The number of carbonyl (C=O) groups excluding carboxylic acids is 2. The second-order valence-corrected chi connectivity index (χ2v) is 7.44. The van der Waals surface area contributed by atoms with Crippen LogP contribution < -0.4 is 0 Å². The lowest BCUT2D eigenvalue weighted by Gasteiger charge is -2.28. The molecule has 1 N–H and O–H groups in total. The number of halogens is 1. The molecule has 0 atom stereocenters. The first-order chi connectivity index (χ1) is 11.2. The molecule has 1 aliphatic rings. The average molecular weight is 440 g/mol. The van der Waals surface area contributed by atoms with E-state index in [4.69, 9.17) is 4.74 Å². The Kier molecular flexibility index (Phi) is 4.33. The van der Waals surface area contributed by atoms with Crippen molar-refractivity contribution in [1.82, 2.24) is 19.9 Å². The van der Waals surface area contributed by atoms with Gasteiger partial charge in [-0.05, 0) is 32.9 Å². The molecule has 0 bridgehead atoms. The van der Waals surface area contributed by atoms with Crippen molar-refractivity contribution in [3.8, 4) is 11.4 Å². The summed E-state index contributed by atoms with van der Waals surface area (Å²) in [7, 11) is 0. The Balaban J connectivity index is 1.87. The van der Waals surface area contributed by atoms with E-state index in [0.717, 1.165) is 16.3 Å². The Bertz CT molecular complexity index is 810. The zero-order valence-corrected chi connectivity index (χ0v) is 15.7. The normalized spacial score (nSPS) is 14.5. The number of ether oxygens (including phenoxy) is 1. The van der Waals surface area contributed by atoms with Gasteiger partial charge in [-0.1, -0.05) is 0 Å². The van der Waals surface area contributed by atoms with Crippen molar-refractivity contribution in [2.45, 2.75) is 32.8 Å². The molecule has 0 radical (unpaired) electrons. The van der Waals surface area contributed by atoms with Crippen LogP contribution in [0, 0.1) is 3.83 Å². The first-order valence-corrected chi connectivity index (χ1v) is 8.58. The highest BCUT2D eigenvalue weighted by molar-refractivity contribution is 14.1. The molecule has 0 saturated heterocycles. The predicted octanol–water partition coefficient (Wildman–Crippen LogP) is 3.01. The SMILES string of the molecule is CC(C)(C)OC(=O)N1CCc2[nH]c(-c3ccnc(I)n3)cc2C1=O. The van der Waals surface area contributed by atoms with Gasteiger partial charge in [0.2, 0.25) is 0 Å². The van der Waals surface area contributed by atoms with E-state index < -0.39 is 11.7 Å². The number of aromatic amines is 1. The topological polar surface area (TPSA) is 88.2 Å². The number of rotatable bonds is 1. The molecule has 0 saturated carbocycles. The Hall–Kier alpha value is -1.97. The fourth-order valence-corrected chi connectivity index (χ4v) is 2.89. The Morgan fingerprint density at radius 2 is 2.17 bits per heavy atom. The van der Waals surface area contributed by atoms with Crippen molar-refractivity contribution in [2.75, 3.05) is 6.54 Å². The number of carbonyl (C=O) groups is 2. The third kappa shape index (κ3) is 3.42. The van der Waals surface area contributed by atoms with Crippen molar-refractivity contribution < 1.29 is 14.3 Å². The molecule has 3 rings (SSSR count). The number of nitrogens with one attached hydrogen (secondary N) is 1. The highest BCUT2D eigenvalue weighted by Crippen LogP contribution is 2.26. The van der Waals surface area contributed by atoms with E-state index in [0.29, 0.717) is 28.1 Å². The van der Waals surface area contributed by atoms with E-state index in [1.807, 2.05) is 22.6 Å². The third-order valence-electron chi connectivity index (χ3n) is 3.48. The van der Waals surface area contributed by atoms with Gasteiger partial charge >= 0.3 is 6.09 Å². The van der Waals surface area contributed by atoms with Gasteiger partial charge in [-0.25, -0.2) is 19.7 Å². The number of hydrogen-bond donors (Lipinski definition) is 1. The molecule has 0 aliphatic carbocycles. The van der Waals surface area contributed by atoms with Gasteiger partial charge in [0.05, 0.1) is 17.0 Å². The summed E-state index contributed by atoms with van der Waals surface area (Å²) in [5, 5.41) is 0. The molecule has 2 amide bonds. The molecule has 0 spiro atoms. The summed E-state index contributed by atoms with van der Waals surface area (Å²) < 4.78 is 5.93. The largest absolute Gasteiger partial charge is 0.443 e. The lowest BCUT2D eigenvalue weighted by molar-refractivity contribution is 0.0233. The van der Waals surface area contributed by atoms with Crippen LogP contribution in [0.3, 0.4) is 0 Å². The van der Waals surface area contributed by atoms with Gasteiger partial charge in [0.1, 0.15) is 5.60 Å². The smallest absolute Gasteiger partial charge is 0.417 e. The monoisotopic (exact) mass is 440 g/mol. The maximum atomic E-state index is 12.6. The van der Waals surface area contributed by atoms with Crippen LogP contribution in [0.5, 0.6) is 0 Å². The van der Waals surface area contributed by atoms with Crippen LogP contribution in [0.1, 0.15) is 36.8 Å². The van der Waals surface area contributed by atoms with E-state index in [2.05, 4.69) is 15.0 Å². The molecule has 0 unspecified atom stereocenters. The summed E-state index contributed by atoms with van der Waals surface area (Å²) in [5.41, 5.74) is 2.10. The minimum absolute atomic E-state index is 0.294. The van der Waals surface area contributed by atoms with Gasteiger partial charge in [0.15, 0.2) is 3.83 Å². The van der Waals surface area contributed by atoms with Crippen LogP contribution in [0.25, 0.3) is 11.4 Å². The van der Waals surface area contributed by atoms with Gasteiger partial charge in [0.25, 0.3) is 5.91 Å². The lowest BCUT2D eigenvalue weighted by Crippen LogP contribution is -2.44. The minimum Gasteiger partial charge on any atom is -0.443 e. The van der Waals surface area contributed by atoms with Crippen molar-refractivity contribution in [1.29, 1.82) is 0 Å². The van der Waals surface area contributed by atoms with E-state index in [1.165, 1.54) is 0 Å². The van der Waals surface area contributed by atoms with Crippen LogP contribution in [0.2, 0.25) is 0 Å². The quantitative estimate of drug-likeness (QED) is 0.544. The van der Waals surface area contributed by atoms with Crippen molar-refractivity contribution in [3.63, 3.8) is 0 Å². The standard InChI is InChI=1S/C16H17IN4O3/c1-16(2,3)24-15(23)21-7-5-10-9(13(21)22)8-12(19-10)11-4-6-18-14(17)20-11/h4,6,8,19H,5,7H2,1-3H3. The lowest BCUT2D eigenvalue weighted by atomic mass is 10.1. The van der Waals surface area contributed by atoms with Crippen LogP contribution >= 0.6 is 22.6 Å². The molecule has 2 aromatic heterocycles. The van der Waals surface area contributed by atoms with E-state index >= 15 is 0 Å². The third-order valence-corrected chi connectivity index (χ3v) is 4.00. The zero-order valence-electron chi connectivity index (χ0n) is 13.6. The van der Waals surface area contributed by atoms with Crippen LogP contribution in [-0.2, 0) is 11.2 Å². The summed E-state index contributed by atoms with van der Waals surface area (Å²) in [4.78, 5) is 37.6. The predicted molar refractivity (Wildman–Crippen MR) is 95.5 cm³/mol. The van der Waals surface area contributed by atoms with Gasteiger partial charge in [0, 0.05) is 47.4 Å². The fraction of sp³-hybridized carbons (Fsp3) is 0.375. The molecule has 126 valence electrons. The van der Waals surface area contributed by atoms with Gasteiger partial charge < -0.3 is 9.72 Å². The zero-order chi connectivity index (χ0) is 17.5. The molecule has 0 aromatic carbocycles. The molecule has 24 heavy (non-hydrogen) atoms. The molecule has 0 fully saturated rings. The second kappa shape index (κ2) is 6.15. The molecule has 3 heterocycles. The van der Waals surface area contributed by atoms with E-state index in [9.17, 15) is 9.59 Å². The molecule has 2 aromatic rings. The highest BCUT2D eigenvalue weighted by atomic mass is 127. The Morgan fingerprint density at radius 3 is 2.83 bits per heavy atom. The van der Waals surface area contributed by atoms with Crippen LogP contribution in [-0.4, -0.2) is 44.0 Å².